The number of amides is 1. The molecule has 0 aromatic heterocycles. The van der Waals surface area contributed by atoms with E-state index < -0.39 is 0 Å². The Morgan fingerprint density at radius 2 is 1.83 bits per heavy atom. The molecular weight excluding hydrogens is 378 g/mol. The van der Waals surface area contributed by atoms with Gasteiger partial charge in [-0.1, -0.05) is 15.9 Å². The van der Waals surface area contributed by atoms with Crippen molar-refractivity contribution < 1.29 is 23.7 Å². The highest BCUT2D eigenvalue weighted by Gasteiger charge is 2.16. The summed E-state index contributed by atoms with van der Waals surface area (Å²) in [6.07, 6.45) is 0.190. The lowest BCUT2D eigenvalue weighted by Crippen LogP contribution is -2.14. The summed E-state index contributed by atoms with van der Waals surface area (Å²) < 4.78 is 21.8. The highest BCUT2D eigenvalue weighted by Crippen LogP contribution is 2.35. The van der Waals surface area contributed by atoms with Crippen molar-refractivity contribution in [1.82, 2.24) is 0 Å². The number of anilines is 1. The van der Waals surface area contributed by atoms with Crippen LogP contribution < -0.4 is 24.3 Å². The molecule has 0 unspecified atom stereocenters. The molecule has 24 heavy (non-hydrogen) atoms. The molecule has 0 radical (unpaired) electrons. The number of carbonyl (C=O) groups is 1. The van der Waals surface area contributed by atoms with Gasteiger partial charge in [-0.2, -0.15) is 0 Å². The van der Waals surface area contributed by atoms with E-state index >= 15 is 0 Å². The summed E-state index contributed by atoms with van der Waals surface area (Å²) in [6.45, 7) is 0.200. The van der Waals surface area contributed by atoms with Gasteiger partial charge in [0.15, 0.2) is 23.0 Å². The third kappa shape index (κ3) is 3.41. The predicted octanol–water partition coefficient (Wildman–Crippen LogP) is 3.38. The quantitative estimate of drug-likeness (QED) is 0.843. The second-order valence-corrected chi connectivity index (χ2v) is 5.95. The second-order valence-electron chi connectivity index (χ2n) is 5.09. The van der Waals surface area contributed by atoms with Gasteiger partial charge in [-0.25, -0.2) is 0 Å². The third-order valence-corrected chi connectivity index (χ3v) is 4.30. The van der Waals surface area contributed by atoms with E-state index in [0.717, 1.165) is 10.0 Å². The van der Waals surface area contributed by atoms with Crippen LogP contribution in [0, 0.1) is 0 Å². The molecule has 0 saturated heterocycles. The van der Waals surface area contributed by atoms with E-state index in [4.69, 9.17) is 18.9 Å². The first-order valence-corrected chi connectivity index (χ1v) is 8.00. The third-order valence-electron chi connectivity index (χ3n) is 3.56. The van der Waals surface area contributed by atoms with Crippen LogP contribution in [0.4, 0.5) is 5.69 Å². The van der Waals surface area contributed by atoms with Crippen LogP contribution in [0.5, 0.6) is 23.0 Å². The Hall–Kier alpha value is -2.41. The first-order valence-electron chi connectivity index (χ1n) is 7.20. The van der Waals surface area contributed by atoms with E-state index in [1.165, 1.54) is 0 Å². The molecule has 1 aliphatic rings. The van der Waals surface area contributed by atoms with Crippen LogP contribution in [-0.4, -0.2) is 26.9 Å². The maximum absolute atomic E-state index is 12.3. The fourth-order valence-electron chi connectivity index (χ4n) is 2.38. The predicted molar refractivity (Wildman–Crippen MR) is 92.1 cm³/mol. The van der Waals surface area contributed by atoms with E-state index in [1.54, 1.807) is 44.6 Å². The molecule has 126 valence electrons. The average Bonchev–Trinajstić information content (AvgIpc) is 3.03. The van der Waals surface area contributed by atoms with Crippen LogP contribution >= 0.6 is 15.9 Å². The number of nitrogens with one attached hydrogen (secondary N) is 1. The number of hydrogen-bond donors (Lipinski definition) is 1. The minimum absolute atomic E-state index is 0.151. The minimum atomic E-state index is -0.151. The number of fused-ring (bicyclic) bond motifs is 1. The van der Waals surface area contributed by atoms with Crippen molar-refractivity contribution >= 4 is 27.5 Å². The van der Waals surface area contributed by atoms with Gasteiger partial charge in [0, 0.05) is 16.2 Å². The molecule has 0 bridgehead atoms. The summed E-state index contributed by atoms with van der Waals surface area (Å²) in [4.78, 5) is 12.3. The Morgan fingerprint density at radius 3 is 2.58 bits per heavy atom. The Labute approximate surface area is 147 Å². The van der Waals surface area contributed by atoms with E-state index in [2.05, 4.69) is 21.2 Å². The lowest BCUT2D eigenvalue weighted by atomic mass is 10.1. The summed E-state index contributed by atoms with van der Waals surface area (Å²) in [6, 6.07) is 8.84. The molecule has 2 aromatic carbocycles. The monoisotopic (exact) mass is 393 g/mol. The van der Waals surface area contributed by atoms with E-state index in [-0.39, 0.29) is 19.1 Å². The molecule has 1 N–H and O–H groups in total. The highest BCUT2D eigenvalue weighted by molar-refractivity contribution is 9.10. The number of benzene rings is 2. The standard InChI is InChI=1S/C17H16BrNO5/c1-21-14-5-10(12(18)8-15(14)22-2)6-17(20)19-11-3-4-13-16(7-11)24-9-23-13/h3-5,7-8H,6,9H2,1-2H3,(H,19,20). The van der Waals surface area contributed by atoms with E-state index in [1.807, 2.05) is 0 Å². The van der Waals surface area contributed by atoms with Crippen molar-refractivity contribution in [1.29, 1.82) is 0 Å². The zero-order chi connectivity index (χ0) is 17.1. The lowest BCUT2D eigenvalue weighted by molar-refractivity contribution is -0.115. The molecule has 0 saturated carbocycles. The van der Waals surface area contributed by atoms with Crippen molar-refractivity contribution in [3.63, 3.8) is 0 Å². The molecule has 2 aromatic rings. The Balaban J connectivity index is 1.73. The molecule has 0 fully saturated rings. The van der Waals surface area contributed by atoms with Crippen molar-refractivity contribution in [3.05, 3.63) is 40.4 Å². The van der Waals surface area contributed by atoms with Gasteiger partial charge < -0.3 is 24.3 Å². The van der Waals surface area contributed by atoms with Gasteiger partial charge >= 0.3 is 0 Å². The Morgan fingerprint density at radius 1 is 1.12 bits per heavy atom. The van der Waals surface area contributed by atoms with E-state index in [9.17, 15) is 4.79 Å². The molecule has 3 rings (SSSR count). The largest absolute Gasteiger partial charge is 0.493 e. The summed E-state index contributed by atoms with van der Waals surface area (Å²) in [5.74, 6) is 2.33. The first kappa shape index (κ1) is 16.4. The van der Waals surface area contributed by atoms with Gasteiger partial charge in [0.1, 0.15) is 0 Å². The van der Waals surface area contributed by atoms with Gasteiger partial charge in [0.25, 0.3) is 0 Å². The SMILES string of the molecule is COc1cc(Br)c(CC(=O)Nc2ccc3c(c2)OCO3)cc1OC. The van der Waals surface area contributed by atoms with E-state index in [0.29, 0.717) is 28.7 Å². The van der Waals surface area contributed by atoms with Crippen molar-refractivity contribution in [3.8, 4) is 23.0 Å². The number of ether oxygens (including phenoxy) is 4. The highest BCUT2D eigenvalue weighted by atomic mass is 79.9. The molecule has 0 aliphatic carbocycles. The maximum Gasteiger partial charge on any atom is 0.231 e. The fourth-order valence-corrected chi connectivity index (χ4v) is 2.85. The lowest BCUT2D eigenvalue weighted by Gasteiger charge is -2.12. The van der Waals surface area contributed by atoms with Crippen molar-refractivity contribution in [2.45, 2.75) is 6.42 Å². The molecule has 1 heterocycles. The summed E-state index contributed by atoms with van der Waals surface area (Å²) >= 11 is 3.45. The molecule has 1 amide bonds. The number of rotatable bonds is 5. The van der Waals surface area contributed by atoms with Crippen LogP contribution in [0.1, 0.15) is 5.56 Å². The zero-order valence-electron chi connectivity index (χ0n) is 13.2. The smallest absolute Gasteiger partial charge is 0.231 e. The molecule has 1 aliphatic heterocycles. The number of carbonyl (C=O) groups excluding carboxylic acids is 1. The molecule has 7 heteroatoms. The summed E-state index contributed by atoms with van der Waals surface area (Å²) in [5.41, 5.74) is 1.45. The number of methoxy groups -OCH3 is 2. The van der Waals surface area contributed by atoms with Crippen LogP contribution in [0.2, 0.25) is 0 Å². The van der Waals surface area contributed by atoms with Crippen LogP contribution in [0.25, 0.3) is 0 Å². The van der Waals surface area contributed by atoms with Crippen molar-refractivity contribution in [2.75, 3.05) is 26.3 Å². The minimum Gasteiger partial charge on any atom is -0.493 e. The van der Waals surface area contributed by atoms with Crippen LogP contribution in [-0.2, 0) is 11.2 Å². The van der Waals surface area contributed by atoms with Crippen LogP contribution in [0.3, 0.4) is 0 Å². The molecule has 0 atom stereocenters. The normalized spacial score (nSPS) is 12.0. The zero-order valence-corrected chi connectivity index (χ0v) is 14.8. The van der Waals surface area contributed by atoms with Crippen molar-refractivity contribution in [2.24, 2.45) is 0 Å². The molecule has 6 nitrogen and oxygen atoms in total. The Bertz CT molecular complexity index is 778. The van der Waals surface area contributed by atoms with Gasteiger partial charge in [-0.3, -0.25) is 4.79 Å². The number of halogens is 1. The fraction of sp³-hybridized carbons (Fsp3) is 0.235. The maximum atomic E-state index is 12.3. The van der Waals surface area contributed by atoms with Gasteiger partial charge in [-0.15, -0.1) is 0 Å². The molecule has 0 spiro atoms. The summed E-state index contributed by atoms with van der Waals surface area (Å²) in [7, 11) is 3.12. The average molecular weight is 394 g/mol. The number of hydrogen-bond acceptors (Lipinski definition) is 5. The first-order chi connectivity index (χ1) is 11.6. The summed E-state index contributed by atoms with van der Waals surface area (Å²) in [5, 5.41) is 2.85. The van der Waals surface area contributed by atoms with Crippen LogP contribution in [0.15, 0.2) is 34.8 Å². The topological polar surface area (TPSA) is 66.0 Å². The van der Waals surface area contributed by atoms with Gasteiger partial charge in [0.2, 0.25) is 12.7 Å². The Kier molecular flexibility index (Phi) is 4.80. The molecular formula is C17H16BrNO5. The van der Waals surface area contributed by atoms with Gasteiger partial charge in [0.05, 0.1) is 20.6 Å². The second kappa shape index (κ2) is 7.00. The van der Waals surface area contributed by atoms with Gasteiger partial charge in [-0.05, 0) is 29.8 Å².